The average molecular weight is 403 g/mol. The highest BCUT2D eigenvalue weighted by molar-refractivity contribution is 5.95. The Morgan fingerprint density at radius 1 is 1.31 bits per heavy atom. The molecule has 7 nitrogen and oxygen atoms in total. The number of halogens is 3. The van der Waals surface area contributed by atoms with Crippen LogP contribution in [0.15, 0.2) is 59.4 Å². The van der Waals surface area contributed by atoms with Gasteiger partial charge in [0.2, 0.25) is 11.9 Å². The number of carbonyl (C=O) groups excluding carboxylic acids is 1. The highest BCUT2D eigenvalue weighted by Crippen LogP contribution is 2.38. The van der Waals surface area contributed by atoms with Crippen molar-refractivity contribution in [2.75, 3.05) is 10.6 Å². The van der Waals surface area contributed by atoms with Crippen molar-refractivity contribution in [3.63, 3.8) is 0 Å². The number of furan rings is 1. The van der Waals surface area contributed by atoms with Gasteiger partial charge in [-0.05, 0) is 37.3 Å². The molecule has 150 valence electrons. The first kappa shape index (κ1) is 18.8. The number of hydrogen-bond acceptors (Lipinski definition) is 5. The number of aryl methyl sites for hydroxylation is 1. The van der Waals surface area contributed by atoms with Gasteiger partial charge in [0.15, 0.2) is 0 Å². The van der Waals surface area contributed by atoms with Crippen LogP contribution in [0, 0.1) is 12.8 Å². The molecule has 10 heteroatoms. The van der Waals surface area contributed by atoms with E-state index < -0.39 is 29.6 Å². The Hall–Kier alpha value is -3.56. The van der Waals surface area contributed by atoms with Crippen molar-refractivity contribution in [2.45, 2.75) is 19.1 Å². The van der Waals surface area contributed by atoms with E-state index in [2.05, 4.69) is 27.3 Å². The molecular weight excluding hydrogens is 387 g/mol. The minimum Gasteiger partial charge on any atom is -0.467 e. The van der Waals surface area contributed by atoms with Crippen molar-refractivity contribution >= 4 is 17.5 Å². The molecule has 29 heavy (non-hydrogen) atoms. The SMILES string of the molecule is C=C1Nc2nc(C)nn2[C@H](c2ccco2)[C@@H]1C(=O)Nc1cccc(C(F)(F)F)c1. The Balaban J connectivity index is 1.69. The van der Waals surface area contributed by atoms with Crippen LogP contribution in [-0.2, 0) is 11.0 Å². The van der Waals surface area contributed by atoms with E-state index in [1.807, 2.05) is 0 Å². The van der Waals surface area contributed by atoms with Crippen LogP contribution in [0.3, 0.4) is 0 Å². The van der Waals surface area contributed by atoms with Gasteiger partial charge in [0.1, 0.15) is 23.5 Å². The highest BCUT2D eigenvalue weighted by Gasteiger charge is 2.41. The molecule has 2 aromatic heterocycles. The van der Waals surface area contributed by atoms with Crippen LogP contribution < -0.4 is 10.6 Å². The third-order valence-corrected chi connectivity index (χ3v) is 4.54. The summed E-state index contributed by atoms with van der Waals surface area (Å²) in [5.74, 6) is -0.123. The van der Waals surface area contributed by atoms with Gasteiger partial charge in [-0.2, -0.15) is 23.3 Å². The second kappa shape index (κ2) is 6.80. The zero-order valence-corrected chi connectivity index (χ0v) is 15.2. The quantitative estimate of drug-likeness (QED) is 0.691. The van der Waals surface area contributed by atoms with Gasteiger partial charge in [-0.15, -0.1) is 0 Å². The van der Waals surface area contributed by atoms with Gasteiger partial charge in [0.25, 0.3) is 0 Å². The third-order valence-electron chi connectivity index (χ3n) is 4.54. The molecule has 1 amide bonds. The van der Waals surface area contributed by atoms with E-state index in [1.54, 1.807) is 19.1 Å². The maximum atomic E-state index is 13.1. The fourth-order valence-corrected chi connectivity index (χ4v) is 3.30. The van der Waals surface area contributed by atoms with Crippen molar-refractivity contribution in [3.05, 3.63) is 72.1 Å². The third kappa shape index (κ3) is 3.48. The first-order chi connectivity index (χ1) is 13.7. The minimum atomic E-state index is -4.51. The number of nitrogens with one attached hydrogen (secondary N) is 2. The summed E-state index contributed by atoms with van der Waals surface area (Å²) in [7, 11) is 0. The number of nitrogens with zero attached hydrogens (tertiary/aromatic N) is 3. The summed E-state index contributed by atoms with van der Waals surface area (Å²) in [6, 6.07) is 7.10. The van der Waals surface area contributed by atoms with Gasteiger partial charge in [0.05, 0.1) is 11.8 Å². The van der Waals surface area contributed by atoms with Crippen molar-refractivity contribution in [3.8, 4) is 0 Å². The zero-order chi connectivity index (χ0) is 20.8. The maximum Gasteiger partial charge on any atom is 0.416 e. The molecule has 0 aliphatic carbocycles. The van der Waals surface area contributed by atoms with Gasteiger partial charge < -0.3 is 15.1 Å². The van der Waals surface area contributed by atoms with Crippen molar-refractivity contribution < 1.29 is 22.4 Å². The summed E-state index contributed by atoms with van der Waals surface area (Å²) in [6.45, 7) is 5.61. The van der Waals surface area contributed by atoms with Crippen LogP contribution in [0.5, 0.6) is 0 Å². The molecule has 0 fully saturated rings. The van der Waals surface area contributed by atoms with Crippen LogP contribution in [-0.4, -0.2) is 20.7 Å². The average Bonchev–Trinajstić information content (AvgIpc) is 3.28. The van der Waals surface area contributed by atoms with Gasteiger partial charge in [-0.25, -0.2) is 4.68 Å². The number of carbonyl (C=O) groups is 1. The lowest BCUT2D eigenvalue weighted by Crippen LogP contribution is -2.39. The number of anilines is 2. The molecule has 1 aliphatic rings. The standard InChI is InChI=1S/C19H16F3N5O2/c1-10-15(17(28)25-13-6-3-5-12(9-13)19(20,21)22)16(14-7-4-8-29-14)27-18(23-10)24-11(2)26-27/h3-9,15-16H,1H2,2H3,(H,25,28)(H,23,24,26)/t15-,16-/m1/s1. The molecule has 0 radical (unpaired) electrons. The minimum absolute atomic E-state index is 0.0244. The summed E-state index contributed by atoms with van der Waals surface area (Å²) in [6.07, 6.45) is -3.05. The Morgan fingerprint density at radius 2 is 2.10 bits per heavy atom. The predicted octanol–water partition coefficient (Wildman–Crippen LogP) is 3.98. The predicted molar refractivity (Wildman–Crippen MR) is 97.9 cm³/mol. The molecule has 2 atom stereocenters. The van der Waals surface area contributed by atoms with Crippen molar-refractivity contribution in [1.82, 2.24) is 14.8 Å². The number of hydrogen-bond donors (Lipinski definition) is 2. The number of aromatic nitrogens is 3. The van der Waals surface area contributed by atoms with Gasteiger partial charge >= 0.3 is 6.18 Å². The van der Waals surface area contributed by atoms with Gasteiger partial charge in [-0.1, -0.05) is 12.6 Å². The molecule has 3 heterocycles. The monoisotopic (exact) mass is 403 g/mol. The maximum absolute atomic E-state index is 13.1. The summed E-state index contributed by atoms with van der Waals surface area (Å²) in [4.78, 5) is 17.3. The molecule has 0 bridgehead atoms. The molecule has 0 unspecified atom stereocenters. The summed E-state index contributed by atoms with van der Waals surface area (Å²) in [5, 5.41) is 9.80. The number of benzene rings is 1. The number of fused-ring (bicyclic) bond motifs is 1. The van der Waals surface area contributed by atoms with E-state index in [4.69, 9.17) is 4.42 Å². The van der Waals surface area contributed by atoms with Crippen LogP contribution in [0.25, 0.3) is 0 Å². The van der Waals surface area contributed by atoms with Gasteiger partial charge in [0, 0.05) is 11.4 Å². The second-order valence-electron chi connectivity index (χ2n) is 6.58. The smallest absolute Gasteiger partial charge is 0.416 e. The van der Waals surface area contributed by atoms with Crippen LogP contribution >= 0.6 is 0 Å². The summed E-state index contributed by atoms with van der Waals surface area (Å²) >= 11 is 0. The highest BCUT2D eigenvalue weighted by atomic mass is 19.4. The second-order valence-corrected chi connectivity index (χ2v) is 6.58. The fourth-order valence-electron chi connectivity index (χ4n) is 3.30. The molecule has 1 aromatic carbocycles. The van der Waals surface area contributed by atoms with Crippen LogP contribution in [0.2, 0.25) is 0 Å². The molecule has 3 aromatic rings. The molecule has 4 rings (SSSR count). The number of amides is 1. The van der Waals surface area contributed by atoms with E-state index in [-0.39, 0.29) is 5.69 Å². The number of alkyl halides is 3. The Labute approximate surface area is 163 Å². The van der Waals surface area contributed by atoms with Crippen molar-refractivity contribution in [2.24, 2.45) is 5.92 Å². The Morgan fingerprint density at radius 3 is 2.79 bits per heavy atom. The Bertz CT molecular complexity index is 1070. The molecule has 0 saturated carbocycles. The lowest BCUT2D eigenvalue weighted by molar-refractivity contribution is -0.137. The molecule has 0 spiro atoms. The number of rotatable bonds is 3. The lowest BCUT2D eigenvalue weighted by atomic mass is 9.92. The largest absolute Gasteiger partial charge is 0.467 e. The first-order valence-corrected chi connectivity index (χ1v) is 8.64. The first-order valence-electron chi connectivity index (χ1n) is 8.64. The topological polar surface area (TPSA) is 85.0 Å². The Kier molecular flexibility index (Phi) is 4.40. The van der Waals surface area contributed by atoms with Gasteiger partial charge in [-0.3, -0.25) is 4.79 Å². The zero-order valence-electron chi connectivity index (χ0n) is 15.2. The molecule has 1 aliphatic heterocycles. The molecule has 2 N–H and O–H groups in total. The molecular formula is C19H16F3N5O2. The van der Waals surface area contributed by atoms with E-state index in [0.29, 0.717) is 23.2 Å². The van der Waals surface area contributed by atoms with Crippen LogP contribution in [0.4, 0.5) is 24.8 Å². The lowest BCUT2D eigenvalue weighted by Gasteiger charge is -2.32. The normalized spacial score (nSPS) is 18.8. The van der Waals surface area contributed by atoms with E-state index in [9.17, 15) is 18.0 Å². The molecule has 0 saturated heterocycles. The van der Waals surface area contributed by atoms with Crippen LogP contribution in [0.1, 0.15) is 23.2 Å². The summed E-state index contributed by atoms with van der Waals surface area (Å²) < 4.78 is 45.9. The van der Waals surface area contributed by atoms with E-state index >= 15 is 0 Å². The van der Waals surface area contributed by atoms with E-state index in [0.717, 1.165) is 12.1 Å². The fraction of sp³-hybridized carbons (Fsp3) is 0.211. The summed E-state index contributed by atoms with van der Waals surface area (Å²) in [5.41, 5.74) is -0.500. The van der Waals surface area contributed by atoms with E-state index in [1.165, 1.54) is 23.1 Å². The van der Waals surface area contributed by atoms with Crippen molar-refractivity contribution in [1.29, 1.82) is 0 Å².